The molecule has 0 bridgehead atoms. The Labute approximate surface area is 120 Å². The first kappa shape index (κ1) is 15.3. The molecule has 5 nitrogen and oxygen atoms in total. The van der Waals surface area contributed by atoms with Crippen LogP contribution in [0.3, 0.4) is 0 Å². The minimum absolute atomic E-state index is 0.00991. The Balaban J connectivity index is 2.05. The molecule has 3 unspecified atom stereocenters. The lowest BCUT2D eigenvalue weighted by molar-refractivity contribution is -0.151. The number of rotatable bonds is 3. The third-order valence-electron chi connectivity index (χ3n) is 4.94. The Morgan fingerprint density at radius 2 is 1.85 bits per heavy atom. The largest absolute Gasteiger partial charge is 0.481 e. The molecule has 1 aliphatic carbocycles. The van der Waals surface area contributed by atoms with Crippen molar-refractivity contribution in [3.8, 4) is 0 Å². The topological polar surface area (TPSA) is 66.8 Å². The lowest BCUT2D eigenvalue weighted by atomic mass is 9.91. The fourth-order valence-electron chi connectivity index (χ4n) is 3.61. The molecule has 20 heavy (non-hydrogen) atoms. The van der Waals surface area contributed by atoms with Crippen molar-refractivity contribution in [2.45, 2.75) is 39.2 Å². The summed E-state index contributed by atoms with van der Waals surface area (Å²) < 4.78 is 5.43. The van der Waals surface area contributed by atoms with Gasteiger partial charge in [0.1, 0.15) is 0 Å². The molecule has 0 aromatic heterocycles. The Hall–Kier alpha value is -1.10. The highest BCUT2D eigenvalue weighted by Crippen LogP contribution is 2.38. The molecule has 1 aliphatic heterocycles. The van der Waals surface area contributed by atoms with E-state index in [-0.39, 0.29) is 17.9 Å². The molecule has 1 saturated heterocycles. The Bertz CT molecular complexity index is 384. The van der Waals surface area contributed by atoms with Gasteiger partial charge in [-0.2, -0.15) is 0 Å². The minimum atomic E-state index is -0.832. The first-order valence-electron chi connectivity index (χ1n) is 7.48. The van der Waals surface area contributed by atoms with Crippen molar-refractivity contribution >= 4 is 11.9 Å². The van der Waals surface area contributed by atoms with Gasteiger partial charge in [-0.3, -0.25) is 9.59 Å². The number of carbonyl (C=O) groups is 2. The highest BCUT2D eigenvalue weighted by Gasteiger charge is 2.43. The molecule has 0 radical (unpaired) electrons. The smallest absolute Gasteiger partial charge is 0.307 e. The third-order valence-corrected chi connectivity index (χ3v) is 4.94. The number of hydrogen-bond donors (Lipinski definition) is 1. The number of carboxylic acid groups (broad SMARTS) is 1. The molecule has 1 amide bonds. The summed E-state index contributed by atoms with van der Waals surface area (Å²) in [5.74, 6) is -0.933. The maximum Gasteiger partial charge on any atom is 0.307 e. The quantitative estimate of drug-likeness (QED) is 0.854. The van der Waals surface area contributed by atoms with Gasteiger partial charge in [-0.1, -0.05) is 13.8 Å². The Morgan fingerprint density at radius 3 is 2.45 bits per heavy atom. The van der Waals surface area contributed by atoms with Crippen LogP contribution >= 0.6 is 0 Å². The second-order valence-corrected chi connectivity index (χ2v) is 6.45. The van der Waals surface area contributed by atoms with Crippen molar-refractivity contribution in [3.05, 3.63) is 0 Å². The van der Waals surface area contributed by atoms with Crippen LogP contribution in [0.2, 0.25) is 0 Å². The third kappa shape index (κ3) is 2.97. The molecule has 1 heterocycles. The van der Waals surface area contributed by atoms with Gasteiger partial charge in [0.15, 0.2) is 0 Å². The lowest BCUT2D eigenvalue weighted by Crippen LogP contribution is -2.49. The number of ether oxygens (including phenoxy) is 1. The maximum atomic E-state index is 12.6. The fraction of sp³-hybridized carbons (Fsp3) is 0.867. The molecule has 2 rings (SSSR count). The molecule has 0 aromatic rings. The van der Waals surface area contributed by atoms with Crippen LogP contribution in [-0.4, -0.2) is 48.2 Å². The van der Waals surface area contributed by atoms with E-state index in [0.717, 1.165) is 13.0 Å². The maximum absolute atomic E-state index is 12.6. The van der Waals surface area contributed by atoms with Crippen molar-refractivity contribution in [2.75, 3.05) is 20.2 Å². The zero-order valence-corrected chi connectivity index (χ0v) is 12.5. The minimum Gasteiger partial charge on any atom is -0.481 e. The fourth-order valence-corrected chi connectivity index (χ4v) is 3.61. The first-order valence-corrected chi connectivity index (χ1v) is 7.48. The van der Waals surface area contributed by atoms with Crippen LogP contribution < -0.4 is 0 Å². The van der Waals surface area contributed by atoms with Gasteiger partial charge in [-0.05, 0) is 31.1 Å². The van der Waals surface area contributed by atoms with Gasteiger partial charge in [0.2, 0.25) is 5.91 Å². The van der Waals surface area contributed by atoms with Crippen LogP contribution in [-0.2, 0) is 14.3 Å². The number of nitrogens with zero attached hydrogens (tertiary/aromatic N) is 1. The molecule has 1 N–H and O–H groups in total. The molecule has 114 valence electrons. The SMILES string of the molecule is COC1CN(C(=O)[C@H]2CC(C)C[C@H]2C(=O)O)CCC1C. The predicted octanol–water partition coefficient (Wildman–Crippen LogP) is 1.62. The predicted molar refractivity (Wildman–Crippen MR) is 74.2 cm³/mol. The van der Waals surface area contributed by atoms with Crippen LogP contribution in [0.1, 0.15) is 33.1 Å². The molecular weight excluding hydrogens is 258 g/mol. The van der Waals surface area contributed by atoms with Gasteiger partial charge >= 0.3 is 5.97 Å². The highest BCUT2D eigenvalue weighted by molar-refractivity contribution is 5.85. The van der Waals surface area contributed by atoms with Gasteiger partial charge in [0.05, 0.1) is 17.9 Å². The van der Waals surface area contributed by atoms with Crippen LogP contribution in [0.5, 0.6) is 0 Å². The van der Waals surface area contributed by atoms with Crippen molar-refractivity contribution in [3.63, 3.8) is 0 Å². The summed E-state index contributed by atoms with van der Waals surface area (Å²) in [7, 11) is 1.67. The van der Waals surface area contributed by atoms with E-state index in [0.29, 0.717) is 31.2 Å². The summed E-state index contributed by atoms with van der Waals surface area (Å²) in [6.45, 7) is 5.47. The van der Waals surface area contributed by atoms with E-state index in [1.165, 1.54) is 0 Å². The van der Waals surface area contributed by atoms with Crippen molar-refractivity contribution in [2.24, 2.45) is 23.7 Å². The van der Waals surface area contributed by atoms with Crippen molar-refractivity contribution in [1.29, 1.82) is 0 Å². The monoisotopic (exact) mass is 283 g/mol. The summed E-state index contributed by atoms with van der Waals surface area (Å²) in [6.07, 6.45) is 2.29. The Kier molecular flexibility index (Phi) is 4.68. The molecule has 1 saturated carbocycles. The van der Waals surface area contributed by atoms with Crippen molar-refractivity contribution in [1.82, 2.24) is 4.90 Å². The molecule has 0 aromatic carbocycles. The first-order chi connectivity index (χ1) is 9.43. The number of aliphatic carboxylic acids is 1. The van der Waals surface area contributed by atoms with E-state index in [9.17, 15) is 14.7 Å². The average Bonchev–Trinajstić information content (AvgIpc) is 2.81. The van der Waals surface area contributed by atoms with Gasteiger partial charge in [0.25, 0.3) is 0 Å². The molecule has 2 fully saturated rings. The lowest BCUT2D eigenvalue weighted by Gasteiger charge is -2.37. The van der Waals surface area contributed by atoms with Crippen LogP contribution in [0.15, 0.2) is 0 Å². The summed E-state index contributed by atoms with van der Waals surface area (Å²) >= 11 is 0. The molecule has 2 aliphatic rings. The molecular formula is C15H25NO4. The van der Waals surface area contributed by atoms with Crippen LogP contribution in [0.25, 0.3) is 0 Å². The number of likely N-dealkylation sites (tertiary alicyclic amines) is 1. The number of hydrogen-bond acceptors (Lipinski definition) is 3. The van der Waals surface area contributed by atoms with E-state index >= 15 is 0 Å². The second-order valence-electron chi connectivity index (χ2n) is 6.45. The van der Waals surface area contributed by atoms with Crippen LogP contribution in [0.4, 0.5) is 0 Å². The molecule has 5 atom stereocenters. The van der Waals surface area contributed by atoms with E-state index in [1.807, 2.05) is 11.8 Å². The van der Waals surface area contributed by atoms with Gasteiger partial charge in [-0.15, -0.1) is 0 Å². The summed E-state index contributed by atoms with van der Waals surface area (Å²) in [6, 6.07) is 0. The molecule has 5 heteroatoms. The Morgan fingerprint density at radius 1 is 1.20 bits per heavy atom. The van der Waals surface area contributed by atoms with Crippen molar-refractivity contribution < 1.29 is 19.4 Å². The number of carboxylic acids is 1. The van der Waals surface area contributed by atoms with Gasteiger partial charge < -0.3 is 14.7 Å². The normalized spacial score (nSPS) is 38.0. The van der Waals surface area contributed by atoms with Crippen LogP contribution in [0, 0.1) is 23.7 Å². The van der Waals surface area contributed by atoms with Gasteiger partial charge in [0, 0.05) is 20.2 Å². The van der Waals surface area contributed by atoms with E-state index in [1.54, 1.807) is 7.11 Å². The van der Waals surface area contributed by atoms with Gasteiger partial charge in [-0.25, -0.2) is 0 Å². The summed E-state index contributed by atoms with van der Waals surface area (Å²) in [5, 5.41) is 9.29. The number of piperidine rings is 1. The number of amides is 1. The van der Waals surface area contributed by atoms with E-state index < -0.39 is 11.9 Å². The number of carbonyl (C=O) groups excluding carboxylic acids is 1. The second kappa shape index (κ2) is 6.12. The standard InChI is InChI=1S/C15H25NO4/c1-9-6-11(12(7-9)15(18)19)14(17)16-5-4-10(2)13(8-16)20-3/h9-13H,4-8H2,1-3H3,(H,18,19)/t9?,10?,11-,12+,13?/m0/s1. The average molecular weight is 283 g/mol. The van der Waals surface area contributed by atoms with E-state index in [4.69, 9.17) is 4.74 Å². The zero-order valence-electron chi connectivity index (χ0n) is 12.5. The molecule has 0 spiro atoms. The summed E-state index contributed by atoms with van der Waals surface area (Å²) in [4.78, 5) is 25.8. The highest BCUT2D eigenvalue weighted by atomic mass is 16.5. The number of methoxy groups -OCH3 is 1. The zero-order chi connectivity index (χ0) is 14.9. The summed E-state index contributed by atoms with van der Waals surface area (Å²) in [5.41, 5.74) is 0. The van der Waals surface area contributed by atoms with E-state index in [2.05, 4.69) is 6.92 Å².